The van der Waals surface area contributed by atoms with Crippen LogP contribution in [0.15, 0.2) is 35.1 Å². The summed E-state index contributed by atoms with van der Waals surface area (Å²) in [6.07, 6.45) is 2.99. The highest BCUT2D eigenvalue weighted by atomic mass is 79.9. The van der Waals surface area contributed by atoms with Gasteiger partial charge >= 0.3 is 0 Å². The molecule has 0 saturated carbocycles. The van der Waals surface area contributed by atoms with Crippen molar-refractivity contribution in [3.8, 4) is 17.1 Å². The summed E-state index contributed by atoms with van der Waals surface area (Å²) in [4.78, 5) is 18.6. The molecule has 2 aromatic rings. The molecule has 0 aliphatic heterocycles. The van der Waals surface area contributed by atoms with Crippen molar-refractivity contribution in [3.63, 3.8) is 0 Å². The van der Waals surface area contributed by atoms with Gasteiger partial charge in [0.05, 0.1) is 12.0 Å². The highest BCUT2D eigenvalue weighted by Crippen LogP contribution is 2.29. The van der Waals surface area contributed by atoms with Gasteiger partial charge in [-0.2, -0.15) is 0 Å². The number of ether oxygens (including phenoxy) is 1. The first kappa shape index (κ1) is 12.4. The molecule has 2 heterocycles. The van der Waals surface area contributed by atoms with E-state index < -0.39 is 4.92 Å². The molecule has 6 nitrogen and oxygen atoms in total. The van der Waals surface area contributed by atoms with E-state index in [1.807, 2.05) is 0 Å². The van der Waals surface area contributed by atoms with Crippen molar-refractivity contribution in [2.45, 2.75) is 0 Å². The maximum atomic E-state index is 11.0. The fraction of sp³-hybridized carbons (Fsp3) is 0.0909. The highest BCUT2D eigenvalue weighted by molar-refractivity contribution is 9.10. The van der Waals surface area contributed by atoms with Crippen molar-refractivity contribution in [1.29, 1.82) is 0 Å². The normalized spacial score (nSPS) is 10.1. The van der Waals surface area contributed by atoms with Crippen LogP contribution in [0.4, 0.5) is 5.69 Å². The van der Waals surface area contributed by atoms with Crippen LogP contribution in [0.1, 0.15) is 0 Å². The molecule has 18 heavy (non-hydrogen) atoms. The third-order valence-electron chi connectivity index (χ3n) is 2.25. The minimum atomic E-state index is -0.475. The van der Waals surface area contributed by atoms with Gasteiger partial charge in [-0.05, 0) is 22.0 Å². The average Bonchev–Trinajstić information content (AvgIpc) is 2.39. The van der Waals surface area contributed by atoms with Gasteiger partial charge in [-0.25, -0.2) is 9.97 Å². The van der Waals surface area contributed by atoms with Gasteiger partial charge in [-0.1, -0.05) is 0 Å². The average molecular weight is 310 g/mol. The topological polar surface area (TPSA) is 78.2 Å². The lowest BCUT2D eigenvalue weighted by molar-refractivity contribution is -0.384. The number of methoxy groups -OCH3 is 1. The zero-order valence-corrected chi connectivity index (χ0v) is 10.9. The molecule has 92 valence electrons. The summed E-state index contributed by atoms with van der Waals surface area (Å²) in [5.41, 5.74) is 0.768. The SMILES string of the molecule is COc1ccc(-c2ncc(Br)cc2[N+](=O)[O-])cn1. The quantitative estimate of drug-likeness (QED) is 0.643. The molecule has 0 spiro atoms. The first-order chi connectivity index (χ1) is 8.61. The van der Waals surface area contributed by atoms with E-state index in [9.17, 15) is 10.1 Å². The second-order valence-electron chi connectivity index (χ2n) is 3.37. The second-order valence-corrected chi connectivity index (χ2v) is 4.28. The molecule has 2 aromatic heterocycles. The number of aromatic nitrogens is 2. The van der Waals surface area contributed by atoms with Gasteiger partial charge in [0.15, 0.2) is 0 Å². The summed E-state index contributed by atoms with van der Waals surface area (Å²) in [6.45, 7) is 0. The monoisotopic (exact) mass is 309 g/mol. The van der Waals surface area contributed by atoms with E-state index in [0.717, 1.165) is 0 Å². The number of halogens is 1. The lowest BCUT2D eigenvalue weighted by Gasteiger charge is -2.03. The standard InChI is InChI=1S/C11H8BrN3O3/c1-18-10-3-2-7(5-13-10)11-9(15(16)17)4-8(12)6-14-11/h2-6H,1H3. The lowest BCUT2D eigenvalue weighted by Crippen LogP contribution is -1.95. The predicted octanol–water partition coefficient (Wildman–Crippen LogP) is 2.82. The molecular weight excluding hydrogens is 302 g/mol. The van der Waals surface area contributed by atoms with Gasteiger partial charge < -0.3 is 4.74 Å². The van der Waals surface area contributed by atoms with Crippen LogP contribution in [0, 0.1) is 10.1 Å². The van der Waals surface area contributed by atoms with Gasteiger partial charge in [0, 0.05) is 34.6 Å². The predicted molar refractivity (Wildman–Crippen MR) is 68.4 cm³/mol. The van der Waals surface area contributed by atoms with Crippen LogP contribution in [0.2, 0.25) is 0 Å². The molecular formula is C11H8BrN3O3. The molecule has 0 atom stereocenters. The number of rotatable bonds is 3. The van der Waals surface area contributed by atoms with Crippen LogP contribution < -0.4 is 4.74 Å². The van der Waals surface area contributed by atoms with Gasteiger partial charge in [0.2, 0.25) is 5.88 Å². The van der Waals surface area contributed by atoms with Gasteiger partial charge in [-0.15, -0.1) is 0 Å². The Kier molecular flexibility index (Phi) is 3.52. The summed E-state index contributed by atoms with van der Waals surface area (Å²) in [5, 5.41) is 11.0. The zero-order chi connectivity index (χ0) is 13.1. The Morgan fingerprint density at radius 1 is 1.33 bits per heavy atom. The zero-order valence-electron chi connectivity index (χ0n) is 9.33. The van der Waals surface area contributed by atoms with Crippen molar-refractivity contribution < 1.29 is 9.66 Å². The molecule has 0 amide bonds. The fourth-order valence-electron chi connectivity index (χ4n) is 1.43. The largest absolute Gasteiger partial charge is 0.481 e. The van der Waals surface area contributed by atoms with Crippen LogP contribution in [-0.2, 0) is 0 Å². The molecule has 0 unspecified atom stereocenters. The van der Waals surface area contributed by atoms with Crippen LogP contribution in [-0.4, -0.2) is 22.0 Å². The third kappa shape index (κ3) is 2.45. The van der Waals surface area contributed by atoms with E-state index in [-0.39, 0.29) is 11.4 Å². The molecule has 0 aliphatic rings. The molecule has 2 rings (SSSR count). The molecule has 0 bridgehead atoms. The van der Waals surface area contributed by atoms with Crippen LogP contribution in [0.3, 0.4) is 0 Å². The van der Waals surface area contributed by atoms with Crippen LogP contribution in [0.25, 0.3) is 11.3 Å². The Labute approximate surface area is 111 Å². The molecule has 0 saturated heterocycles. The summed E-state index contributed by atoms with van der Waals surface area (Å²) in [5.74, 6) is 0.443. The molecule has 7 heteroatoms. The third-order valence-corrected chi connectivity index (χ3v) is 2.68. The van der Waals surface area contributed by atoms with Crippen LogP contribution in [0.5, 0.6) is 5.88 Å². The number of nitrogens with zero attached hydrogens (tertiary/aromatic N) is 3. The summed E-state index contributed by atoms with van der Waals surface area (Å²) in [7, 11) is 1.50. The van der Waals surface area contributed by atoms with Crippen molar-refractivity contribution in [2.24, 2.45) is 0 Å². The van der Waals surface area contributed by atoms with E-state index in [1.54, 1.807) is 12.1 Å². The van der Waals surface area contributed by atoms with Crippen LogP contribution >= 0.6 is 15.9 Å². The fourth-order valence-corrected chi connectivity index (χ4v) is 1.75. The Hall–Kier alpha value is -2.02. The minimum absolute atomic E-state index is 0.0728. The number of hydrogen-bond acceptors (Lipinski definition) is 5. The smallest absolute Gasteiger partial charge is 0.296 e. The Morgan fingerprint density at radius 2 is 2.11 bits per heavy atom. The summed E-state index contributed by atoms with van der Waals surface area (Å²) in [6, 6.07) is 4.71. The van der Waals surface area contributed by atoms with Gasteiger partial charge in [0.25, 0.3) is 5.69 Å². The second kappa shape index (κ2) is 5.09. The maximum Gasteiger partial charge on any atom is 0.296 e. The lowest BCUT2D eigenvalue weighted by atomic mass is 10.1. The van der Waals surface area contributed by atoms with E-state index >= 15 is 0 Å². The molecule has 0 fully saturated rings. The van der Waals surface area contributed by atoms with E-state index in [1.165, 1.54) is 25.6 Å². The Bertz CT molecular complexity index is 587. The maximum absolute atomic E-state index is 11.0. The molecule has 0 aromatic carbocycles. The molecule has 0 aliphatic carbocycles. The Morgan fingerprint density at radius 3 is 2.67 bits per heavy atom. The molecule has 0 N–H and O–H groups in total. The first-order valence-electron chi connectivity index (χ1n) is 4.92. The van der Waals surface area contributed by atoms with Crippen molar-refractivity contribution in [1.82, 2.24) is 9.97 Å². The van der Waals surface area contributed by atoms with Gasteiger partial charge in [0.1, 0.15) is 5.69 Å². The van der Waals surface area contributed by atoms with Crippen molar-refractivity contribution in [3.05, 3.63) is 45.2 Å². The minimum Gasteiger partial charge on any atom is -0.481 e. The van der Waals surface area contributed by atoms with Gasteiger partial charge in [-0.3, -0.25) is 10.1 Å². The van der Waals surface area contributed by atoms with E-state index in [0.29, 0.717) is 15.9 Å². The van der Waals surface area contributed by atoms with E-state index in [2.05, 4.69) is 25.9 Å². The number of pyridine rings is 2. The van der Waals surface area contributed by atoms with Crippen molar-refractivity contribution in [2.75, 3.05) is 7.11 Å². The van der Waals surface area contributed by atoms with E-state index in [4.69, 9.17) is 4.74 Å². The highest BCUT2D eigenvalue weighted by Gasteiger charge is 2.17. The first-order valence-corrected chi connectivity index (χ1v) is 5.71. The number of nitro groups is 1. The summed E-state index contributed by atoms with van der Waals surface area (Å²) >= 11 is 3.16. The molecule has 0 radical (unpaired) electrons. The van der Waals surface area contributed by atoms with Crippen molar-refractivity contribution >= 4 is 21.6 Å². The Balaban J connectivity index is 2.52. The number of hydrogen-bond donors (Lipinski definition) is 0. The summed E-state index contributed by atoms with van der Waals surface area (Å²) < 4.78 is 5.48.